The van der Waals surface area contributed by atoms with Crippen LogP contribution in [0, 0.1) is 17.8 Å². The van der Waals surface area contributed by atoms with E-state index in [9.17, 15) is 28.8 Å². The average molecular weight is 615 g/mol. The molecule has 5 amide bonds. The molecule has 1 aromatic rings. The summed E-state index contributed by atoms with van der Waals surface area (Å²) in [6.07, 6.45) is 3.12. The van der Waals surface area contributed by atoms with Gasteiger partial charge in [0.05, 0.1) is 24.3 Å². The van der Waals surface area contributed by atoms with Crippen LogP contribution in [0.1, 0.15) is 94.9 Å². The van der Waals surface area contributed by atoms with Gasteiger partial charge >= 0.3 is 5.97 Å². The maximum Gasteiger partial charge on any atom is 0.322 e. The predicted octanol–water partition coefficient (Wildman–Crippen LogP) is 3.53. The summed E-state index contributed by atoms with van der Waals surface area (Å²) in [6.45, 7) is 13.5. The Kier molecular flexibility index (Phi) is 13.3. The zero-order chi connectivity index (χ0) is 33.3. The molecule has 2 aliphatic heterocycles. The van der Waals surface area contributed by atoms with Gasteiger partial charge in [-0.15, -0.1) is 0 Å². The van der Waals surface area contributed by atoms with Crippen LogP contribution in [0.4, 0.5) is 0 Å². The zero-order valence-corrected chi connectivity index (χ0v) is 26.9. The molecule has 0 spiro atoms. The first kappa shape index (κ1) is 36.1. The second kappa shape index (κ2) is 16.1. The number of carboxylic acids is 1. The lowest BCUT2D eigenvalue weighted by Crippen LogP contribution is -2.52. The average Bonchev–Trinajstić information content (AvgIpc) is 3.39. The van der Waals surface area contributed by atoms with E-state index in [2.05, 4.69) is 10.7 Å². The molecule has 12 nitrogen and oxygen atoms in total. The number of nitrogens with zero attached hydrogens (tertiary/aromatic N) is 2. The van der Waals surface area contributed by atoms with Crippen LogP contribution in [0.2, 0.25) is 0 Å². The molecule has 0 aromatic heterocycles. The molecular weight excluding hydrogens is 568 g/mol. The van der Waals surface area contributed by atoms with Gasteiger partial charge < -0.3 is 15.2 Å². The van der Waals surface area contributed by atoms with Crippen molar-refractivity contribution in [2.45, 2.75) is 92.3 Å². The Balaban J connectivity index is 0.000000311. The predicted molar refractivity (Wildman–Crippen MR) is 163 cm³/mol. The molecule has 1 aromatic carbocycles. The summed E-state index contributed by atoms with van der Waals surface area (Å²) in [4.78, 5) is 73.8. The number of aliphatic carboxylic acids is 1. The molecule has 0 aliphatic carbocycles. The number of rotatable bonds is 13. The first-order valence-electron chi connectivity index (χ1n) is 15.0. The molecule has 2 aliphatic rings. The van der Waals surface area contributed by atoms with Gasteiger partial charge in [-0.3, -0.25) is 33.7 Å². The molecule has 0 saturated heterocycles. The summed E-state index contributed by atoms with van der Waals surface area (Å²) < 4.78 is 5.30. The first-order chi connectivity index (χ1) is 20.6. The second-order valence-electron chi connectivity index (χ2n) is 12.2. The van der Waals surface area contributed by atoms with Crippen molar-refractivity contribution < 1.29 is 38.6 Å². The number of carbonyl (C=O) groups excluding carboxylic acids is 5. The third kappa shape index (κ3) is 9.22. The van der Waals surface area contributed by atoms with Gasteiger partial charge in [-0.05, 0) is 49.1 Å². The third-order valence-corrected chi connectivity index (χ3v) is 7.06. The normalized spacial score (nSPS) is 17.4. The van der Waals surface area contributed by atoms with Crippen LogP contribution >= 0.6 is 0 Å². The van der Waals surface area contributed by atoms with Crippen molar-refractivity contribution in [3.05, 3.63) is 47.2 Å². The number of amides is 5. The lowest BCUT2D eigenvalue weighted by molar-refractivity contribution is -0.146. The molecule has 242 valence electrons. The van der Waals surface area contributed by atoms with Crippen LogP contribution in [0.3, 0.4) is 0 Å². The SMILES string of the molecule is CC(C)C[C@H](NN1C(=O)c2ccccc2C1=O)C(=O)O.CCC(=O)N[C@H](CC(C)C)C(=O)N1C(=O)C=C(OC)[C@@H]1CC(C)C. The van der Waals surface area contributed by atoms with E-state index in [0.717, 1.165) is 5.01 Å². The van der Waals surface area contributed by atoms with E-state index < -0.39 is 35.9 Å². The summed E-state index contributed by atoms with van der Waals surface area (Å²) in [5.74, 6) is -1.90. The number of imide groups is 2. The largest absolute Gasteiger partial charge is 0.499 e. The van der Waals surface area contributed by atoms with Crippen molar-refractivity contribution in [3.63, 3.8) is 0 Å². The Morgan fingerprint density at radius 1 is 0.886 bits per heavy atom. The topological polar surface area (TPSA) is 162 Å². The summed E-state index contributed by atoms with van der Waals surface area (Å²) in [5.41, 5.74) is 3.11. The first-order valence-corrected chi connectivity index (χ1v) is 15.0. The monoisotopic (exact) mass is 614 g/mol. The molecule has 0 bridgehead atoms. The highest BCUT2D eigenvalue weighted by atomic mass is 16.5. The van der Waals surface area contributed by atoms with Crippen molar-refractivity contribution in [1.82, 2.24) is 20.7 Å². The molecule has 0 fully saturated rings. The number of hydrogen-bond acceptors (Lipinski definition) is 8. The van der Waals surface area contributed by atoms with Crippen molar-refractivity contribution in [1.29, 1.82) is 0 Å². The van der Waals surface area contributed by atoms with Gasteiger partial charge in [0.2, 0.25) is 5.91 Å². The Morgan fingerprint density at radius 2 is 1.41 bits per heavy atom. The van der Waals surface area contributed by atoms with Crippen molar-refractivity contribution in [2.75, 3.05) is 7.11 Å². The van der Waals surface area contributed by atoms with Crippen LogP contribution in [-0.2, 0) is 23.9 Å². The van der Waals surface area contributed by atoms with E-state index in [0.29, 0.717) is 48.5 Å². The fraction of sp³-hybridized carbons (Fsp3) is 0.562. The molecule has 0 radical (unpaired) electrons. The van der Waals surface area contributed by atoms with Crippen LogP contribution in [0.15, 0.2) is 36.1 Å². The van der Waals surface area contributed by atoms with Crippen molar-refractivity contribution >= 4 is 35.5 Å². The summed E-state index contributed by atoms with van der Waals surface area (Å²) in [7, 11) is 1.50. The highest BCUT2D eigenvalue weighted by Crippen LogP contribution is 2.27. The highest BCUT2D eigenvalue weighted by molar-refractivity contribution is 6.21. The third-order valence-electron chi connectivity index (χ3n) is 7.06. The molecule has 0 saturated carbocycles. The van der Waals surface area contributed by atoms with Gasteiger partial charge in [0, 0.05) is 12.5 Å². The molecule has 2 heterocycles. The number of carboxylic acid groups (broad SMARTS) is 1. The number of nitrogens with one attached hydrogen (secondary N) is 2. The van der Waals surface area contributed by atoms with Crippen molar-refractivity contribution in [2.24, 2.45) is 17.8 Å². The van der Waals surface area contributed by atoms with Crippen molar-refractivity contribution in [3.8, 4) is 0 Å². The Hall–Kier alpha value is -4.06. The van der Waals surface area contributed by atoms with Crippen LogP contribution in [-0.4, -0.2) is 75.8 Å². The number of carbonyl (C=O) groups is 6. The minimum absolute atomic E-state index is 0.124. The summed E-state index contributed by atoms with van der Waals surface area (Å²) in [6, 6.07) is 4.36. The number of ether oxygens (including phenoxy) is 1. The van der Waals surface area contributed by atoms with E-state index in [1.165, 1.54) is 18.1 Å². The maximum absolute atomic E-state index is 13.0. The zero-order valence-electron chi connectivity index (χ0n) is 26.9. The van der Waals surface area contributed by atoms with E-state index >= 15 is 0 Å². The quantitative estimate of drug-likeness (QED) is 0.282. The van der Waals surface area contributed by atoms with E-state index in [1.54, 1.807) is 31.2 Å². The Morgan fingerprint density at radius 3 is 1.84 bits per heavy atom. The minimum Gasteiger partial charge on any atom is -0.499 e. The minimum atomic E-state index is -1.09. The van der Waals surface area contributed by atoms with Gasteiger partial charge in [-0.2, -0.15) is 0 Å². The Bertz CT molecular complexity index is 1240. The van der Waals surface area contributed by atoms with Gasteiger partial charge in [-0.25, -0.2) is 10.4 Å². The van der Waals surface area contributed by atoms with Crippen LogP contribution in [0.25, 0.3) is 0 Å². The molecule has 3 N–H and O–H groups in total. The highest BCUT2D eigenvalue weighted by Gasteiger charge is 2.41. The summed E-state index contributed by atoms with van der Waals surface area (Å²) >= 11 is 0. The summed E-state index contributed by atoms with van der Waals surface area (Å²) in [5, 5.41) is 12.7. The van der Waals surface area contributed by atoms with E-state index in [4.69, 9.17) is 9.84 Å². The lowest BCUT2D eigenvalue weighted by Gasteiger charge is -2.30. The second-order valence-corrected chi connectivity index (χ2v) is 12.2. The van der Waals surface area contributed by atoms with Crippen LogP contribution in [0.5, 0.6) is 0 Å². The number of benzene rings is 1. The lowest BCUT2D eigenvalue weighted by atomic mass is 9.99. The number of methoxy groups -OCH3 is 1. The molecule has 3 atom stereocenters. The fourth-order valence-electron chi connectivity index (χ4n) is 4.99. The van der Waals surface area contributed by atoms with E-state index in [1.807, 2.05) is 41.5 Å². The van der Waals surface area contributed by atoms with Gasteiger partial charge in [0.1, 0.15) is 17.8 Å². The maximum atomic E-state index is 13.0. The van der Waals surface area contributed by atoms with E-state index in [-0.39, 0.29) is 29.6 Å². The smallest absolute Gasteiger partial charge is 0.322 e. The molecular formula is C32H46N4O8. The molecule has 0 unspecified atom stereocenters. The van der Waals surface area contributed by atoms with Gasteiger partial charge in [0.25, 0.3) is 23.6 Å². The number of hydrazine groups is 1. The number of fused-ring (bicyclic) bond motifs is 1. The standard InChI is InChI=1S/C18H30N2O4.C14H16N2O4/c1-7-16(21)19-13(8-11(2)3)18(23)20-14(9-12(4)5)15(24-6)10-17(20)22;1-8(2)7-11(14(19)20)15-16-12(17)9-5-3-4-6-10(9)13(16)18/h10-14H,7-9H2,1-6H3,(H,19,21);3-6,8,11,15H,7H2,1-2H3,(H,19,20)/t13-,14+;11-/m10/s1. The number of hydrogen-bond donors (Lipinski definition) is 3. The molecule has 3 rings (SSSR count). The van der Waals surface area contributed by atoms with Gasteiger partial charge in [0.15, 0.2) is 0 Å². The fourth-order valence-corrected chi connectivity index (χ4v) is 4.99. The van der Waals surface area contributed by atoms with Gasteiger partial charge in [-0.1, -0.05) is 60.6 Å². The molecule has 12 heteroatoms. The Labute approximate surface area is 259 Å². The van der Waals surface area contributed by atoms with Crippen LogP contribution < -0.4 is 10.7 Å². The molecule has 44 heavy (non-hydrogen) atoms.